The van der Waals surface area contributed by atoms with Gasteiger partial charge >= 0.3 is 0 Å². The topological polar surface area (TPSA) is 131 Å². The van der Waals surface area contributed by atoms with Crippen molar-refractivity contribution in [2.45, 2.75) is 65.4 Å². The van der Waals surface area contributed by atoms with Crippen LogP contribution in [0.5, 0.6) is 0 Å². The lowest BCUT2D eigenvalue weighted by Crippen LogP contribution is -2.53. The highest BCUT2D eigenvalue weighted by atomic mass is 17.0. The number of hydrogen-bond acceptors (Lipinski definition) is 7. The van der Waals surface area contributed by atoms with Gasteiger partial charge in [-0.2, -0.15) is 0 Å². The molecular formula is C17H31N3O6. The Balaban J connectivity index is 2.34. The van der Waals surface area contributed by atoms with Crippen molar-refractivity contribution in [1.29, 1.82) is 0 Å². The highest BCUT2D eigenvalue weighted by molar-refractivity contribution is 5.04. The maximum Gasteiger partial charge on any atom is 0.294 e. The summed E-state index contributed by atoms with van der Waals surface area (Å²) in [7, 11) is 0. The first kappa shape index (κ1) is 20.7. The van der Waals surface area contributed by atoms with Gasteiger partial charge in [0.25, 0.3) is 10.2 Å². The van der Waals surface area contributed by atoms with Crippen molar-refractivity contribution in [3.05, 3.63) is 20.2 Å². The van der Waals surface area contributed by atoms with E-state index in [1.807, 2.05) is 6.92 Å². The highest BCUT2D eigenvalue weighted by Gasteiger charge is 2.54. The average molecular weight is 373 g/mol. The van der Waals surface area contributed by atoms with E-state index in [-0.39, 0.29) is 16.7 Å². The maximum absolute atomic E-state index is 11.0. The number of nitrogens with zero attached hydrogens (tertiary/aromatic N) is 2. The number of nitrogens with two attached hydrogens (primary N) is 1. The molecule has 0 aromatic rings. The molecule has 0 aromatic heterocycles. The van der Waals surface area contributed by atoms with Crippen LogP contribution in [0.25, 0.3) is 0 Å². The van der Waals surface area contributed by atoms with Gasteiger partial charge in [0.1, 0.15) is 12.7 Å². The molecule has 2 N–H and O–H groups in total. The minimum Gasteiger partial charge on any atom is -0.330 e. The Kier molecular flexibility index (Phi) is 6.31. The Morgan fingerprint density at radius 2 is 1.92 bits per heavy atom. The molecular weight excluding hydrogens is 342 g/mol. The van der Waals surface area contributed by atoms with Crippen LogP contribution in [0.15, 0.2) is 0 Å². The van der Waals surface area contributed by atoms with Gasteiger partial charge in [-0.05, 0) is 67.2 Å². The van der Waals surface area contributed by atoms with Gasteiger partial charge in [-0.25, -0.2) is 0 Å². The van der Waals surface area contributed by atoms with Crippen LogP contribution >= 0.6 is 0 Å². The van der Waals surface area contributed by atoms with Gasteiger partial charge in [-0.1, -0.05) is 27.2 Å². The van der Waals surface area contributed by atoms with Crippen molar-refractivity contribution in [1.82, 2.24) is 0 Å². The van der Waals surface area contributed by atoms with Gasteiger partial charge in [0.05, 0.1) is 0 Å². The van der Waals surface area contributed by atoms with E-state index in [9.17, 15) is 20.2 Å². The summed E-state index contributed by atoms with van der Waals surface area (Å²) in [6, 6.07) is 0. The van der Waals surface area contributed by atoms with Crippen molar-refractivity contribution in [2.24, 2.45) is 34.3 Å². The summed E-state index contributed by atoms with van der Waals surface area (Å²) in [5.41, 5.74) is 5.90. The van der Waals surface area contributed by atoms with Gasteiger partial charge < -0.3 is 15.4 Å². The summed E-state index contributed by atoms with van der Waals surface area (Å²) in [6.45, 7) is 6.52. The van der Waals surface area contributed by atoms with E-state index in [1.54, 1.807) is 0 Å². The van der Waals surface area contributed by atoms with Gasteiger partial charge in [-0.3, -0.25) is 0 Å². The van der Waals surface area contributed by atoms with E-state index < -0.39 is 22.9 Å². The molecule has 2 rings (SSSR count). The molecule has 0 heterocycles. The van der Waals surface area contributed by atoms with E-state index in [0.29, 0.717) is 24.8 Å². The number of hydrogen-bond donors (Lipinski definition) is 1. The molecule has 0 spiro atoms. The molecule has 2 aliphatic carbocycles. The quantitative estimate of drug-likeness (QED) is 0.485. The van der Waals surface area contributed by atoms with E-state index in [0.717, 1.165) is 32.1 Å². The summed E-state index contributed by atoms with van der Waals surface area (Å²) in [6.07, 6.45) is 4.67. The summed E-state index contributed by atoms with van der Waals surface area (Å²) in [4.78, 5) is 31.0. The molecule has 0 radical (unpaired) electrons. The minimum absolute atomic E-state index is 0.0143. The normalized spacial score (nSPS) is 36.0. The predicted octanol–water partition coefficient (Wildman–Crippen LogP) is 2.98. The lowest BCUT2D eigenvalue weighted by atomic mass is 9.48. The molecule has 26 heavy (non-hydrogen) atoms. The molecule has 2 saturated carbocycles. The van der Waals surface area contributed by atoms with Crippen LogP contribution in [0.2, 0.25) is 0 Å². The molecule has 0 aliphatic heterocycles. The average Bonchev–Trinajstić information content (AvgIpc) is 2.50. The Bertz CT molecular complexity index is 529. The predicted molar refractivity (Wildman–Crippen MR) is 93.9 cm³/mol. The molecule has 2 bridgehead atoms. The number of rotatable bonds is 9. The fourth-order valence-electron chi connectivity index (χ4n) is 6.15. The second kappa shape index (κ2) is 7.94. The Hall–Kier alpha value is -1.64. The molecule has 2 fully saturated rings. The zero-order valence-corrected chi connectivity index (χ0v) is 15.9. The zero-order valence-electron chi connectivity index (χ0n) is 15.9. The molecule has 9 heteroatoms. The third-order valence-corrected chi connectivity index (χ3v) is 6.48. The van der Waals surface area contributed by atoms with Gasteiger partial charge in [-0.15, -0.1) is 20.2 Å². The first-order valence-electron chi connectivity index (χ1n) is 9.41. The lowest BCUT2D eigenvalue weighted by molar-refractivity contribution is -0.792. The van der Waals surface area contributed by atoms with Crippen LogP contribution in [-0.2, 0) is 9.68 Å². The SMILES string of the molecule is CCC(C(CO[N+](=O)[O-])O[N+](=O)[O-])C12CC(C)CC(CC(C)(CN)C1)C2. The first-order chi connectivity index (χ1) is 12.1. The molecule has 9 nitrogen and oxygen atoms in total. The van der Waals surface area contributed by atoms with Crippen LogP contribution in [0.3, 0.4) is 0 Å². The smallest absolute Gasteiger partial charge is 0.294 e. The molecule has 0 saturated heterocycles. The van der Waals surface area contributed by atoms with Crippen molar-refractivity contribution in [2.75, 3.05) is 13.2 Å². The maximum atomic E-state index is 11.0. The molecule has 0 aromatic carbocycles. The Morgan fingerprint density at radius 1 is 1.23 bits per heavy atom. The van der Waals surface area contributed by atoms with Crippen LogP contribution in [-0.4, -0.2) is 29.4 Å². The summed E-state index contributed by atoms with van der Waals surface area (Å²) < 4.78 is 0. The third kappa shape index (κ3) is 4.55. The van der Waals surface area contributed by atoms with E-state index >= 15 is 0 Å². The van der Waals surface area contributed by atoms with Crippen LogP contribution in [0.4, 0.5) is 0 Å². The van der Waals surface area contributed by atoms with Crippen LogP contribution in [0.1, 0.15) is 59.3 Å². The molecule has 2 aliphatic rings. The van der Waals surface area contributed by atoms with Gasteiger partial charge in [0, 0.05) is 0 Å². The molecule has 6 atom stereocenters. The zero-order chi connectivity index (χ0) is 19.5. The summed E-state index contributed by atoms with van der Waals surface area (Å²) >= 11 is 0. The molecule has 0 amide bonds. The Morgan fingerprint density at radius 3 is 2.46 bits per heavy atom. The molecule has 6 unspecified atom stereocenters. The van der Waals surface area contributed by atoms with Crippen LogP contribution < -0.4 is 5.73 Å². The standard InChI is InChI=1S/C17H31N3O6/c1-4-14(15(26-20(23)24)9-25-19(21)22)17-6-12(2)5-13(8-17)7-16(3,10-17)11-18/h12-15H,4-11,18H2,1-3H3. The van der Waals surface area contributed by atoms with Crippen molar-refractivity contribution >= 4 is 0 Å². The minimum atomic E-state index is -0.952. The largest absolute Gasteiger partial charge is 0.330 e. The van der Waals surface area contributed by atoms with Gasteiger partial charge in [0.15, 0.2) is 0 Å². The summed E-state index contributed by atoms with van der Waals surface area (Å²) in [5, 5.41) is 19.9. The fourth-order valence-corrected chi connectivity index (χ4v) is 6.15. The second-order valence-corrected chi connectivity index (χ2v) is 8.77. The first-order valence-corrected chi connectivity index (χ1v) is 9.41. The van der Waals surface area contributed by atoms with Crippen molar-refractivity contribution in [3.63, 3.8) is 0 Å². The van der Waals surface area contributed by atoms with E-state index in [2.05, 4.69) is 18.7 Å². The van der Waals surface area contributed by atoms with Crippen molar-refractivity contribution in [3.8, 4) is 0 Å². The summed E-state index contributed by atoms with van der Waals surface area (Å²) in [5.74, 6) is 0.852. The van der Waals surface area contributed by atoms with Crippen LogP contribution in [0, 0.1) is 48.8 Å². The molecule has 150 valence electrons. The fraction of sp³-hybridized carbons (Fsp3) is 1.00. The third-order valence-electron chi connectivity index (χ3n) is 6.48. The van der Waals surface area contributed by atoms with Crippen molar-refractivity contribution < 1.29 is 19.8 Å². The number of fused-ring (bicyclic) bond motifs is 2. The van der Waals surface area contributed by atoms with E-state index in [1.165, 1.54) is 0 Å². The highest BCUT2D eigenvalue weighted by Crippen LogP contribution is 2.61. The lowest BCUT2D eigenvalue weighted by Gasteiger charge is -2.58. The second-order valence-electron chi connectivity index (χ2n) is 8.77. The van der Waals surface area contributed by atoms with Gasteiger partial charge in [0.2, 0.25) is 0 Å². The van der Waals surface area contributed by atoms with E-state index in [4.69, 9.17) is 10.6 Å². The Labute approximate surface area is 153 Å². The monoisotopic (exact) mass is 373 g/mol.